The Bertz CT molecular complexity index is 1210. The van der Waals surface area contributed by atoms with Crippen LogP contribution in [0.4, 0.5) is 0 Å². The lowest BCUT2D eigenvalue weighted by Crippen LogP contribution is -2.45. The van der Waals surface area contributed by atoms with Crippen LogP contribution >= 0.6 is 11.3 Å². The molecule has 34 heavy (non-hydrogen) atoms. The molecule has 0 radical (unpaired) electrons. The summed E-state index contributed by atoms with van der Waals surface area (Å²) in [6.07, 6.45) is 4.93. The Hall–Kier alpha value is -2.59. The first kappa shape index (κ1) is 23.2. The number of rotatable bonds is 7. The lowest BCUT2D eigenvalue weighted by molar-refractivity contribution is 0.0830. The second kappa shape index (κ2) is 10.4. The highest BCUT2D eigenvalue weighted by Crippen LogP contribution is 2.20. The maximum Gasteiger partial charge on any atom is 0.275 e. The predicted octanol–water partition coefficient (Wildman–Crippen LogP) is 2.61. The number of piperazine rings is 1. The number of pyridine rings is 2. The smallest absolute Gasteiger partial charge is 0.275 e. The Kier molecular flexibility index (Phi) is 7.05. The number of carbonyl (C=O) groups is 1. The van der Waals surface area contributed by atoms with Gasteiger partial charge in [0.05, 0.1) is 15.9 Å². The van der Waals surface area contributed by atoms with Gasteiger partial charge in [0.2, 0.25) is 0 Å². The molecule has 2 aliphatic rings. The van der Waals surface area contributed by atoms with Crippen LogP contribution < -0.4 is 11.0 Å². The molecular formula is C25H32N6O2S. The molecule has 0 unspecified atom stereocenters. The minimum absolute atomic E-state index is 0.0132. The summed E-state index contributed by atoms with van der Waals surface area (Å²) in [5, 5.41) is 2.02. The monoisotopic (exact) mass is 480 g/mol. The highest BCUT2D eigenvalue weighted by molar-refractivity contribution is 7.14. The Labute approximate surface area is 203 Å². The molecule has 0 spiro atoms. The number of hydrogen-bond acceptors (Lipinski definition) is 7. The van der Waals surface area contributed by atoms with Crippen molar-refractivity contribution in [2.45, 2.75) is 39.3 Å². The summed E-state index contributed by atoms with van der Waals surface area (Å²) in [7, 11) is 0. The van der Waals surface area contributed by atoms with Crippen molar-refractivity contribution in [2.75, 3.05) is 39.3 Å². The van der Waals surface area contributed by atoms with Crippen LogP contribution in [-0.2, 0) is 19.5 Å². The number of hydrazine groups is 1. The number of aryl methyl sites for hydroxylation is 1. The van der Waals surface area contributed by atoms with E-state index in [4.69, 9.17) is 0 Å². The molecule has 9 heteroatoms. The maximum absolute atomic E-state index is 12.5. The number of aromatic amines is 1. The van der Waals surface area contributed by atoms with Gasteiger partial charge in [-0.05, 0) is 49.1 Å². The number of H-pyrrole nitrogens is 1. The third-order valence-corrected chi connectivity index (χ3v) is 7.78. The van der Waals surface area contributed by atoms with Crippen molar-refractivity contribution in [3.63, 3.8) is 0 Å². The molecule has 2 aliphatic heterocycles. The number of nitrogens with one attached hydrogen (secondary N) is 2. The molecule has 1 amide bonds. The van der Waals surface area contributed by atoms with Gasteiger partial charge in [0.15, 0.2) is 0 Å². The van der Waals surface area contributed by atoms with Gasteiger partial charge >= 0.3 is 0 Å². The van der Waals surface area contributed by atoms with Crippen LogP contribution in [0.3, 0.4) is 0 Å². The zero-order chi connectivity index (χ0) is 23.5. The summed E-state index contributed by atoms with van der Waals surface area (Å²) in [4.78, 5) is 39.1. The number of nitrogens with zero attached hydrogens (tertiary/aromatic N) is 4. The molecule has 3 aromatic rings. The predicted molar refractivity (Wildman–Crippen MR) is 135 cm³/mol. The second-order valence-corrected chi connectivity index (χ2v) is 10.4. The highest BCUT2D eigenvalue weighted by atomic mass is 32.1. The molecule has 0 bridgehead atoms. The van der Waals surface area contributed by atoms with E-state index in [1.165, 1.54) is 4.88 Å². The molecule has 8 nitrogen and oxygen atoms in total. The molecule has 2 N–H and O–H groups in total. The third kappa shape index (κ3) is 5.38. The van der Waals surface area contributed by atoms with Crippen molar-refractivity contribution in [2.24, 2.45) is 0 Å². The van der Waals surface area contributed by atoms with Gasteiger partial charge in [0.1, 0.15) is 0 Å². The molecule has 2 saturated heterocycles. The van der Waals surface area contributed by atoms with Crippen LogP contribution in [0.2, 0.25) is 0 Å². The van der Waals surface area contributed by atoms with E-state index in [0.29, 0.717) is 6.42 Å². The Morgan fingerprint density at radius 2 is 1.79 bits per heavy atom. The van der Waals surface area contributed by atoms with E-state index in [-0.39, 0.29) is 11.5 Å². The van der Waals surface area contributed by atoms with Crippen molar-refractivity contribution in [1.29, 1.82) is 0 Å². The summed E-state index contributed by atoms with van der Waals surface area (Å²) in [6.45, 7) is 9.53. The Morgan fingerprint density at radius 3 is 2.53 bits per heavy atom. The molecule has 180 valence electrons. The number of aromatic nitrogens is 2. The lowest BCUT2D eigenvalue weighted by atomic mass is 10.1. The zero-order valence-corrected chi connectivity index (χ0v) is 20.5. The second-order valence-electron chi connectivity index (χ2n) is 9.21. The summed E-state index contributed by atoms with van der Waals surface area (Å²) in [5.41, 5.74) is 6.54. The number of thiophene rings is 1. The van der Waals surface area contributed by atoms with Crippen molar-refractivity contribution in [3.05, 3.63) is 61.7 Å². The van der Waals surface area contributed by atoms with Crippen LogP contribution in [0.5, 0.6) is 0 Å². The van der Waals surface area contributed by atoms with E-state index in [1.54, 1.807) is 11.3 Å². The average Bonchev–Trinajstić information content (AvgIpc) is 3.52. The van der Waals surface area contributed by atoms with E-state index in [0.717, 1.165) is 92.2 Å². The van der Waals surface area contributed by atoms with Gasteiger partial charge in [-0.25, -0.2) is 5.01 Å². The minimum Gasteiger partial charge on any atom is -0.320 e. The number of carbonyl (C=O) groups excluding carboxylic acids is 1. The number of amides is 1. The van der Waals surface area contributed by atoms with Crippen LogP contribution in [0, 0.1) is 0 Å². The minimum atomic E-state index is -0.0205. The molecule has 0 atom stereocenters. The van der Waals surface area contributed by atoms with Crippen LogP contribution in [0.25, 0.3) is 11.0 Å². The fraction of sp³-hybridized carbons (Fsp3) is 0.480. The maximum atomic E-state index is 12.5. The SMILES string of the molecule is CCc1cc2ncc(CN3CCN(Cc4ccc(C(=O)NN5CCCC5)s4)CC3)cc2[nH]c1=O. The molecule has 5 heterocycles. The van der Waals surface area contributed by atoms with E-state index < -0.39 is 0 Å². The standard InChI is InChI=1S/C25H32N6O2S/c1-2-19-14-21-22(27-24(19)32)13-18(15-26-21)16-29-9-11-30(12-10-29)17-20-5-6-23(34-20)25(33)28-31-7-3-4-8-31/h5-6,13-15H,2-4,7-12,16-17H2,1H3,(H,27,32)(H,28,33). The van der Waals surface area contributed by atoms with E-state index in [2.05, 4.69) is 37.3 Å². The van der Waals surface area contributed by atoms with Gasteiger partial charge in [0.25, 0.3) is 11.5 Å². The summed E-state index contributed by atoms with van der Waals surface area (Å²) >= 11 is 1.59. The normalized spacial score (nSPS) is 18.0. The average molecular weight is 481 g/mol. The van der Waals surface area contributed by atoms with Crippen LogP contribution in [-0.4, -0.2) is 70.0 Å². The van der Waals surface area contributed by atoms with Gasteiger partial charge in [-0.15, -0.1) is 11.3 Å². The first-order chi connectivity index (χ1) is 16.6. The zero-order valence-electron chi connectivity index (χ0n) is 19.7. The van der Waals surface area contributed by atoms with Crippen molar-refractivity contribution >= 4 is 28.3 Å². The number of hydrogen-bond donors (Lipinski definition) is 2. The number of fused-ring (bicyclic) bond motifs is 1. The van der Waals surface area contributed by atoms with Gasteiger partial charge in [-0.2, -0.15) is 0 Å². The fourth-order valence-electron chi connectivity index (χ4n) is 4.71. The lowest BCUT2D eigenvalue weighted by Gasteiger charge is -2.34. The van der Waals surface area contributed by atoms with Gasteiger partial charge in [-0.3, -0.25) is 29.8 Å². The van der Waals surface area contributed by atoms with E-state index in [9.17, 15) is 9.59 Å². The van der Waals surface area contributed by atoms with Crippen molar-refractivity contribution in [1.82, 2.24) is 30.2 Å². The Morgan fingerprint density at radius 1 is 1.06 bits per heavy atom. The third-order valence-electron chi connectivity index (χ3n) is 6.71. The molecule has 2 fully saturated rings. The van der Waals surface area contributed by atoms with Crippen molar-refractivity contribution in [3.8, 4) is 0 Å². The van der Waals surface area contributed by atoms with Gasteiger partial charge in [-0.1, -0.05) is 6.92 Å². The van der Waals surface area contributed by atoms with Crippen molar-refractivity contribution < 1.29 is 4.79 Å². The highest BCUT2D eigenvalue weighted by Gasteiger charge is 2.20. The quantitative estimate of drug-likeness (QED) is 0.541. The molecule has 0 aliphatic carbocycles. The molecule has 0 saturated carbocycles. The topological polar surface area (TPSA) is 84.6 Å². The van der Waals surface area contributed by atoms with Crippen LogP contribution in [0.1, 0.15) is 45.4 Å². The van der Waals surface area contributed by atoms with Gasteiger partial charge < -0.3 is 4.98 Å². The van der Waals surface area contributed by atoms with E-state index in [1.807, 2.05) is 30.3 Å². The largest absolute Gasteiger partial charge is 0.320 e. The molecule has 3 aromatic heterocycles. The molecule has 5 rings (SSSR count). The first-order valence-corrected chi connectivity index (χ1v) is 13.0. The summed E-state index contributed by atoms with van der Waals surface area (Å²) in [5.74, 6) is 0.0132. The molecule has 0 aromatic carbocycles. The van der Waals surface area contributed by atoms with Gasteiger partial charge in [0, 0.05) is 69.0 Å². The molecular weight excluding hydrogens is 448 g/mol. The van der Waals surface area contributed by atoms with Crippen LogP contribution in [0.15, 0.2) is 35.3 Å². The first-order valence-electron chi connectivity index (χ1n) is 12.2. The summed E-state index contributed by atoms with van der Waals surface area (Å²) in [6, 6.07) is 7.97. The Balaban J connectivity index is 1.12. The van der Waals surface area contributed by atoms with E-state index >= 15 is 0 Å². The fourth-order valence-corrected chi connectivity index (χ4v) is 5.65. The summed E-state index contributed by atoms with van der Waals surface area (Å²) < 4.78 is 0.